The number of carbonyl (C=O) groups is 1. The van der Waals surface area contributed by atoms with Crippen molar-refractivity contribution in [3.63, 3.8) is 0 Å². The molecule has 1 aromatic rings. The molecule has 1 aliphatic rings. The monoisotopic (exact) mass is 311 g/mol. The molecule has 0 aliphatic heterocycles. The number of hydrogen-bond donors (Lipinski definition) is 1. The van der Waals surface area contributed by atoms with Gasteiger partial charge in [-0.05, 0) is 53.7 Å². The Kier molecular flexibility index (Phi) is 4.64. The van der Waals surface area contributed by atoms with E-state index >= 15 is 0 Å². The predicted octanol–water partition coefficient (Wildman–Crippen LogP) is 3.59. The van der Waals surface area contributed by atoms with Gasteiger partial charge < -0.3 is 10.1 Å². The van der Waals surface area contributed by atoms with Crippen molar-refractivity contribution in [2.24, 2.45) is 5.92 Å². The van der Waals surface area contributed by atoms with Crippen LogP contribution in [0.5, 0.6) is 0 Å². The number of benzene rings is 1. The van der Waals surface area contributed by atoms with Crippen molar-refractivity contribution >= 4 is 27.6 Å². The summed E-state index contributed by atoms with van der Waals surface area (Å²) in [6, 6.07) is 7.62. The predicted molar refractivity (Wildman–Crippen MR) is 75.5 cm³/mol. The maximum Gasteiger partial charge on any atom is 0.328 e. The topological polar surface area (TPSA) is 38.3 Å². The first-order valence-corrected chi connectivity index (χ1v) is 7.19. The van der Waals surface area contributed by atoms with Crippen LogP contribution in [0.2, 0.25) is 0 Å². The van der Waals surface area contributed by atoms with Gasteiger partial charge in [0.15, 0.2) is 0 Å². The third-order valence-corrected chi connectivity index (χ3v) is 4.04. The standard InChI is InChI=1S/C14H18BrNO2/c1-2-18-14(17)13(10-6-5-7-10)16-12-9-4-3-8-11(12)15/h3-4,8-10,13,16H,2,5-7H2,1H3. The summed E-state index contributed by atoms with van der Waals surface area (Å²) < 4.78 is 6.13. The van der Waals surface area contributed by atoms with Gasteiger partial charge in [-0.15, -0.1) is 0 Å². The summed E-state index contributed by atoms with van der Waals surface area (Å²) in [5.41, 5.74) is 0.947. The molecule has 1 unspecified atom stereocenters. The second kappa shape index (κ2) is 6.23. The molecule has 0 aromatic heterocycles. The highest BCUT2D eigenvalue weighted by Gasteiger charge is 2.33. The molecular formula is C14H18BrNO2. The molecule has 0 radical (unpaired) electrons. The Balaban J connectivity index is 2.09. The van der Waals surface area contributed by atoms with Crippen LogP contribution in [0.3, 0.4) is 0 Å². The first-order chi connectivity index (χ1) is 8.72. The molecule has 1 aromatic carbocycles. The van der Waals surface area contributed by atoms with E-state index in [2.05, 4.69) is 21.2 Å². The molecule has 1 fully saturated rings. The molecule has 0 bridgehead atoms. The van der Waals surface area contributed by atoms with Crippen LogP contribution >= 0.6 is 15.9 Å². The zero-order chi connectivity index (χ0) is 13.0. The van der Waals surface area contributed by atoms with Crippen LogP contribution in [0.1, 0.15) is 26.2 Å². The maximum absolute atomic E-state index is 12.0. The molecule has 1 saturated carbocycles. The van der Waals surface area contributed by atoms with E-state index in [-0.39, 0.29) is 12.0 Å². The van der Waals surface area contributed by atoms with E-state index in [9.17, 15) is 4.79 Å². The van der Waals surface area contributed by atoms with Gasteiger partial charge in [-0.3, -0.25) is 0 Å². The van der Waals surface area contributed by atoms with Gasteiger partial charge in [-0.25, -0.2) is 4.79 Å². The minimum atomic E-state index is -0.225. The van der Waals surface area contributed by atoms with Crippen molar-refractivity contribution in [1.82, 2.24) is 0 Å². The Morgan fingerprint density at radius 2 is 2.22 bits per heavy atom. The molecule has 98 valence electrons. The van der Waals surface area contributed by atoms with Gasteiger partial charge in [0.2, 0.25) is 0 Å². The Hall–Kier alpha value is -1.03. The van der Waals surface area contributed by atoms with Crippen molar-refractivity contribution in [3.8, 4) is 0 Å². The summed E-state index contributed by atoms with van der Waals surface area (Å²) in [7, 11) is 0. The number of hydrogen-bond acceptors (Lipinski definition) is 3. The van der Waals surface area contributed by atoms with E-state index in [4.69, 9.17) is 4.74 Å². The summed E-state index contributed by atoms with van der Waals surface area (Å²) in [4.78, 5) is 12.0. The van der Waals surface area contributed by atoms with E-state index in [0.717, 1.165) is 23.0 Å². The van der Waals surface area contributed by atoms with Gasteiger partial charge in [-0.1, -0.05) is 18.6 Å². The van der Waals surface area contributed by atoms with Gasteiger partial charge in [0, 0.05) is 10.2 Å². The number of rotatable bonds is 5. The molecule has 1 aliphatic carbocycles. The molecule has 18 heavy (non-hydrogen) atoms. The van der Waals surface area contributed by atoms with E-state index in [1.165, 1.54) is 6.42 Å². The molecule has 0 amide bonds. The Bertz CT molecular complexity index is 418. The minimum Gasteiger partial charge on any atom is -0.464 e. The second-order valence-corrected chi connectivity index (χ2v) is 5.40. The van der Waals surface area contributed by atoms with Gasteiger partial charge in [-0.2, -0.15) is 0 Å². The fourth-order valence-electron chi connectivity index (χ4n) is 2.12. The molecule has 0 spiro atoms. The van der Waals surface area contributed by atoms with E-state index < -0.39 is 0 Å². The van der Waals surface area contributed by atoms with Crippen LogP contribution in [0, 0.1) is 5.92 Å². The van der Waals surface area contributed by atoms with Crippen LogP contribution < -0.4 is 5.32 Å². The smallest absolute Gasteiger partial charge is 0.328 e. The van der Waals surface area contributed by atoms with Crippen molar-refractivity contribution < 1.29 is 9.53 Å². The fourth-order valence-corrected chi connectivity index (χ4v) is 2.52. The lowest BCUT2D eigenvalue weighted by atomic mass is 9.79. The quantitative estimate of drug-likeness (QED) is 0.844. The molecule has 4 heteroatoms. The average Bonchev–Trinajstić information content (AvgIpc) is 2.29. The van der Waals surface area contributed by atoms with E-state index in [0.29, 0.717) is 12.5 Å². The number of halogens is 1. The van der Waals surface area contributed by atoms with Crippen LogP contribution in [0.4, 0.5) is 5.69 Å². The lowest BCUT2D eigenvalue weighted by molar-refractivity contribution is -0.146. The van der Waals surface area contributed by atoms with Crippen molar-refractivity contribution in [3.05, 3.63) is 28.7 Å². The van der Waals surface area contributed by atoms with Crippen LogP contribution in [0.15, 0.2) is 28.7 Å². The highest BCUT2D eigenvalue weighted by molar-refractivity contribution is 9.10. The van der Waals surface area contributed by atoms with Crippen LogP contribution in [-0.4, -0.2) is 18.6 Å². The van der Waals surface area contributed by atoms with Crippen molar-refractivity contribution in [2.45, 2.75) is 32.2 Å². The Morgan fingerprint density at radius 3 is 2.78 bits per heavy atom. The highest BCUT2D eigenvalue weighted by atomic mass is 79.9. The molecule has 1 atom stereocenters. The zero-order valence-corrected chi connectivity index (χ0v) is 12.1. The van der Waals surface area contributed by atoms with Crippen LogP contribution in [0.25, 0.3) is 0 Å². The van der Waals surface area contributed by atoms with Crippen molar-refractivity contribution in [2.75, 3.05) is 11.9 Å². The molecule has 0 heterocycles. The number of carbonyl (C=O) groups excluding carboxylic acids is 1. The van der Waals surface area contributed by atoms with Gasteiger partial charge in [0.05, 0.1) is 6.61 Å². The van der Waals surface area contributed by atoms with E-state index in [1.54, 1.807) is 0 Å². The van der Waals surface area contributed by atoms with Gasteiger partial charge in [0.1, 0.15) is 6.04 Å². The second-order valence-electron chi connectivity index (χ2n) is 4.54. The van der Waals surface area contributed by atoms with Crippen molar-refractivity contribution in [1.29, 1.82) is 0 Å². The summed E-state index contributed by atoms with van der Waals surface area (Å²) in [6.45, 7) is 2.27. The zero-order valence-electron chi connectivity index (χ0n) is 10.5. The third-order valence-electron chi connectivity index (χ3n) is 3.35. The van der Waals surface area contributed by atoms with Crippen LogP contribution in [-0.2, 0) is 9.53 Å². The SMILES string of the molecule is CCOC(=O)C(Nc1ccccc1Br)C1CCC1. The summed E-state index contributed by atoms with van der Waals surface area (Å²) in [6.07, 6.45) is 3.40. The molecular weight excluding hydrogens is 294 g/mol. The van der Waals surface area contributed by atoms with Gasteiger partial charge in [0.25, 0.3) is 0 Å². The van der Waals surface area contributed by atoms with E-state index in [1.807, 2.05) is 31.2 Å². The first kappa shape index (κ1) is 13.4. The summed E-state index contributed by atoms with van der Waals surface area (Å²) in [5, 5.41) is 3.31. The molecule has 1 N–H and O–H groups in total. The first-order valence-electron chi connectivity index (χ1n) is 6.40. The number of ether oxygens (including phenoxy) is 1. The maximum atomic E-state index is 12.0. The Morgan fingerprint density at radius 1 is 1.50 bits per heavy atom. The largest absolute Gasteiger partial charge is 0.464 e. The average molecular weight is 312 g/mol. The number of anilines is 1. The van der Waals surface area contributed by atoms with Gasteiger partial charge >= 0.3 is 5.97 Å². The fraction of sp³-hybridized carbons (Fsp3) is 0.500. The lowest BCUT2D eigenvalue weighted by Gasteiger charge is -2.33. The lowest BCUT2D eigenvalue weighted by Crippen LogP contribution is -2.41. The summed E-state index contributed by atoms with van der Waals surface area (Å²) >= 11 is 3.49. The third kappa shape index (κ3) is 3.05. The summed E-state index contributed by atoms with van der Waals surface area (Å²) in [5.74, 6) is 0.258. The highest BCUT2D eigenvalue weighted by Crippen LogP contribution is 2.33. The molecule has 0 saturated heterocycles. The number of esters is 1. The Labute approximate surface area is 116 Å². The number of nitrogens with one attached hydrogen (secondary N) is 1. The minimum absolute atomic E-state index is 0.141. The molecule has 3 nitrogen and oxygen atoms in total. The number of para-hydroxylation sites is 1. The molecule has 2 rings (SSSR count). The normalized spacial score (nSPS) is 16.8.